The van der Waals surface area contributed by atoms with Crippen LogP contribution in [0.25, 0.3) is 0 Å². The zero-order valence-electron chi connectivity index (χ0n) is 12.0. The Morgan fingerprint density at radius 1 is 1.42 bits per heavy atom. The van der Waals surface area contributed by atoms with E-state index in [4.69, 9.17) is 4.74 Å². The van der Waals surface area contributed by atoms with Crippen LogP contribution < -0.4 is 10.2 Å². The van der Waals surface area contributed by atoms with E-state index in [-0.39, 0.29) is 0 Å². The first kappa shape index (κ1) is 14.3. The lowest BCUT2D eigenvalue weighted by Gasteiger charge is -2.33. The summed E-state index contributed by atoms with van der Waals surface area (Å²) in [5.41, 5.74) is 0. The van der Waals surface area contributed by atoms with E-state index in [1.54, 1.807) is 7.11 Å². The monoisotopic (exact) mass is 263 g/mol. The van der Waals surface area contributed by atoms with Crippen LogP contribution in [0.5, 0.6) is 0 Å². The topological polar surface area (TPSA) is 37.4 Å². The highest BCUT2D eigenvalue weighted by molar-refractivity contribution is 5.38. The number of hydrogen-bond donors (Lipinski definition) is 1. The van der Waals surface area contributed by atoms with Gasteiger partial charge in [-0.25, -0.2) is 4.98 Å². The number of aromatic nitrogens is 1. The average Bonchev–Trinajstić information content (AvgIpc) is 2.47. The summed E-state index contributed by atoms with van der Waals surface area (Å²) in [6.45, 7) is 6.28. The molecule has 1 fully saturated rings. The first-order valence-corrected chi connectivity index (χ1v) is 7.18. The Morgan fingerprint density at radius 2 is 2.21 bits per heavy atom. The maximum absolute atomic E-state index is 5.16. The van der Waals surface area contributed by atoms with Crippen LogP contribution in [0.3, 0.4) is 0 Å². The first-order valence-electron chi connectivity index (χ1n) is 7.18. The molecule has 1 aliphatic rings. The van der Waals surface area contributed by atoms with Crippen LogP contribution in [0.2, 0.25) is 0 Å². The largest absolute Gasteiger partial charge is 0.384 e. The summed E-state index contributed by atoms with van der Waals surface area (Å²) in [7, 11) is 1.77. The molecule has 4 nitrogen and oxygen atoms in total. The molecule has 1 aromatic heterocycles. The van der Waals surface area contributed by atoms with Gasteiger partial charge in [-0.05, 0) is 30.9 Å². The molecule has 1 unspecified atom stereocenters. The van der Waals surface area contributed by atoms with Gasteiger partial charge in [0.25, 0.3) is 0 Å². The molecule has 0 spiro atoms. The highest BCUT2D eigenvalue weighted by Gasteiger charge is 2.19. The molecular formula is C15H25N3O. The number of hydrogen-bond acceptors (Lipinski definition) is 4. The summed E-state index contributed by atoms with van der Waals surface area (Å²) in [6.07, 6.45) is 4.25. The lowest BCUT2D eigenvalue weighted by atomic mass is 10.0. The minimum atomic E-state index is 0.582. The maximum Gasteiger partial charge on any atom is 0.128 e. The molecule has 0 saturated carbocycles. The molecule has 0 amide bonds. The minimum Gasteiger partial charge on any atom is -0.384 e. The van der Waals surface area contributed by atoms with Gasteiger partial charge in [0.05, 0.1) is 0 Å². The van der Waals surface area contributed by atoms with Crippen molar-refractivity contribution in [3.63, 3.8) is 0 Å². The van der Waals surface area contributed by atoms with Gasteiger partial charge < -0.3 is 15.0 Å². The molecule has 1 saturated heterocycles. The number of nitrogens with one attached hydrogen (secondary N) is 1. The van der Waals surface area contributed by atoms with Gasteiger partial charge in [0.1, 0.15) is 5.82 Å². The van der Waals surface area contributed by atoms with E-state index in [0.717, 1.165) is 32.1 Å². The summed E-state index contributed by atoms with van der Waals surface area (Å²) in [4.78, 5) is 6.79. The predicted octanol–water partition coefficient (Wildman–Crippen LogP) is 1.92. The third-order valence-corrected chi connectivity index (χ3v) is 3.67. The molecule has 1 N–H and O–H groups in total. The van der Waals surface area contributed by atoms with Gasteiger partial charge in [0.15, 0.2) is 0 Å². The number of anilines is 1. The minimum absolute atomic E-state index is 0.582. The summed E-state index contributed by atoms with van der Waals surface area (Å²) >= 11 is 0. The second-order valence-corrected chi connectivity index (χ2v) is 5.42. The normalized spacial score (nSPS) is 18.5. The molecule has 2 rings (SSSR count). The summed E-state index contributed by atoms with van der Waals surface area (Å²) in [5.74, 6) is 1.69. The third kappa shape index (κ3) is 4.48. The molecule has 2 heterocycles. The van der Waals surface area contributed by atoms with Gasteiger partial charge in [-0.3, -0.25) is 0 Å². The van der Waals surface area contributed by atoms with Gasteiger partial charge >= 0.3 is 0 Å². The fourth-order valence-corrected chi connectivity index (χ4v) is 2.56. The van der Waals surface area contributed by atoms with Crippen molar-refractivity contribution in [2.45, 2.75) is 25.8 Å². The Bertz CT molecular complexity index is 350. The Labute approximate surface area is 116 Å². The zero-order chi connectivity index (χ0) is 13.5. The fourth-order valence-electron chi connectivity index (χ4n) is 2.56. The SMILES string of the molecule is COCC(C)CNC1CCN(c2ccccn2)CC1. The maximum atomic E-state index is 5.16. The number of rotatable bonds is 6. The van der Waals surface area contributed by atoms with Crippen molar-refractivity contribution in [3.8, 4) is 0 Å². The lowest BCUT2D eigenvalue weighted by molar-refractivity contribution is 0.156. The molecule has 1 aliphatic heterocycles. The van der Waals surface area contributed by atoms with Crippen LogP contribution in [0.4, 0.5) is 5.82 Å². The van der Waals surface area contributed by atoms with Crippen molar-refractivity contribution in [3.05, 3.63) is 24.4 Å². The molecule has 19 heavy (non-hydrogen) atoms. The third-order valence-electron chi connectivity index (χ3n) is 3.67. The smallest absolute Gasteiger partial charge is 0.128 e. The van der Waals surface area contributed by atoms with Crippen molar-refractivity contribution in [1.29, 1.82) is 0 Å². The van der Waals surface area contributed by atoms with Gasteiger partial charge in [0.2, 0.25) is 0 Å². The average molecular weight is 263 g/mol. The van der Waals surface area contributed by atoms with Gasteiger partial charge in [-0.15, -0.1) is 0 Å². The number of pyridine rings is 1. The molecule has 0 bridgehead atoms. The van der Waals surface area contributed by atoms with E-state index >= 15 is 0 Å². The Balaban J connectivity index is 1.71. The molecule has 0 radical (unpaired) electrons. The highest BCUT2D eigenvalue weighted by Crippen LogP contribution is 2.17. The van der Waals surface area contributed by atoms with Crippen LogP contribution >= 0.6 is 0 Å². The zero-order valence-corrected chi connectivity index (χ0v) is 12.0. The molecule has 1 aromatic rings. The van der Waals surface area contributed by atoms with E-state index in [1.807, 2.05) is 12.3 Å². The van der Waals surface area contributed by atoms with E-state index in [1.165, 1.54) is 12.8 Å². The standard InChI is InChI=1S/C15H25N3O/c1-13(12-19-2)11-17-14-6-9-18(10-7-14)15-5-3-4-8-16-15/h3-5,8,13-14,17H,6-7,9-12H2,1-2H3. The Hall–Kier alpha value is -1.13. The van der Waals surface area contributed by atoms with Crippen molar-refractivity contribution >= 4 is 5.82 Å². The Kier molecular flexibility index (Phi) is 5.61. The number of nitrogens with zero attached hydrogens (tertiary/aromatic N) is 2. The van der Waals surface area contributed by atoms with Crippen LogP contribution in [0, 0.1) is 5.92 Å². The van der Waals surface area contributed by atoms with Crippen molar-refractivity contribution in [2.24, 2.45) is 5.92 Å². The second kappa shape index (κ2) is 7.46. The van der Waals surface area contributed by atoms with Crippen molar-refractivity contribution < 1.29 is 4.74 Å². The second-order valence-electron chi connectivity index (χ2n) is 5.42. The molecule has 4 heteroatoms. The fraction of sp³-hybridized carbons (Fsp3) is 0.667. The van der Waals surface area contributed by atoms with E-state index < -0.39 is 0 Å². The van der Waals surface area contributed by atoms with Gasteiger partial charge in [-0.1, -0.05) is 13.0 Å². The molecular weight excluding hydrogens is 238 g/mol. The Morgan fingerprint density at radius 3 is 2.84 bits per heavy atom. The lowest BCUT2D eigenvalue weighted by Crippen LogP contribution is -2.44. The summed E-state index contributed by atoms with van der Waals surface area (Å²) < 4.78 is 5.16. The summed E-state index contributed by atoms with van der Waals surface area (Å²) in [6, 6.07) is 6.75. The number of piperidine rings is 1. The number of ether oxygens (including phenoxy) is 1. The van der Waals surface area contributed by atoms with Crippen LogP contribution in [0.15, 0.2) is 24.4 Å². The summed E-state index contributed by atoms with van der Waals surface area (Å²) in [5, 5.41) is 3.65. The van der Waals surface area contributed by atoms with Crippen LogP contribution in [0.1, 0.15) is 19.8 Å². The molecule has 1 atom stereocenters. The molecule has 0 aliphatic carbocycles. The van der Waals surface area contributed by atoms with E-state index in [0.29, 0.717) is 12.0 Å². The van der Waals surface area contributed by atoms with Gasteiger partial charge in [0, 0.05) is 45.6 Å². The quantitative estimate of drug-likeness (QED) is 0.851. The highest BCUT2D eigenvalue weighted by atomic mass is 16.5. The van der Waals surface area contributed by atoms with Crippen molar-refractivity contribution in [2.75, 3.05) is 38.3 Å². The predicted molar refractivity (Wildman–Crippen MR) is 78.5 cm³/mol. The van der Waals surface area contributed by atoms with Gasteiger partial charge in [-0.2, -0.15) is 0 Å². The van der Waals surface area contributed by atoms with Crippen LogP contribution in [-0.4, -0.2) is 44.4 Å². The number of methoxy groups -OCH3 is 1. The van der Waals surface area contributed by atoms with E-state index in [2.05, 4.69) is 34.3 Å². The van der Waals surface area contributed by atoms with Crippen LogP contribution in [-0.2, 0) is 4.74 Å². The van der Waals surface area contributed by atoms with Crippen molar-refractivity contribution in [1.82, 2.24) is 10.3 Å². The molecule has 0 aromatic carbocycles. The first-order chi connectivity index (χ1) is 9.29. The molecule has 106 valence electrons. The van der Waals surface area contributed by atoms with E-state index in [9.17, 15) is 0 Å².